The summed E-state index contributed by atoms with van der Waals surface area (Å²) < 4.78 is 0. The molecular formula is C12H9N2P. The molecular weight excluding hydrogens is 203 g/mol. The second kappa shape index (κ2) is 4.21. The quantitative estimate of drug-likeness (QED) is 0.679. The Bertz CT molecular complexity index is 515. The SMILES string of the molecule is N#Cc1cnc(P)cc1-c1ccccc1. The largest absolute Gasteiger partial charge is 0.256 e. The highest BCUT2D eigenvalue weighted by molar-refractivity contribution is 7.26. The van der Waals surface area contributed by atoms with E-state index >= 15 is 0 Å². The first-order valence-electron chi connectivity index (χ1n) is 4.52. The van der Waals surface area contributed by atoms with Crippen LogP contribution in [0.3, 0.4) is 0 Å². The van der Waals surface area contributed by atoms with Crippen molar-refractivity contribution in [1.29, 1.82) is 5.26 Å². The summed E-state index contributed by atoms with van der Waals surface area (Å²) in [5, 5.41) is 8.97. The molecule has 0 spiro atoms. The van der Waals surface area contributed by atoms with E-state index in [2.05, 4.69) is 20.3 Å². The van der Waals surface area contributed by atoms with E-state index < -0.39 is 0 Å². The molecule has 0 aliphatic heterocycles. The van der Waals surface area contributed by atoms with Gasteiger partial charge in [-0.2, -0.15) is 5.26 Å². The predicted molar refractivity (Wildman–Crippen MR) is 63.7 cm³/mol. The van der Waals surface area contributed by atoms with Gasteiger partial charge in [0.15, 0.2) is 0 Å². The molecule has 0 amide bonds. The van der Waals surface area contributed by atoms with E-state index in [1.54, 1.807) is 6.20 Å². The standard InChI is InChI=1S/C12H9N2P/c13-7-10-8-14-12(15)6-11(10)9-4-2-1-3-5-9/h1-6,8H,15H2. The van der Waals surface area contributed by atoms with E-state index in [9.17, 15) is 0 Å². The molecule has 72 valence electrons. The van der Waals surface area contributed by atoms with Crippen molar-refractivity contribution < 1.29 is 0 Å². The van der Waals surface area contributed by atoms with Crippen molar-refractivity contribution in [3.63, 3.8) is 0 Å². The number of hydrogen-bond donors (Lipinski definition) is 0. The van der Waals surface area contributed by atoms with Gasteiger partial charge in [0.2, 0.25) is 0 Å². The summed E-state index contributed by atoms with van der Waals surface area (Å²) in [6, 6.07) is 13.9. The molecule has 2 rings (SSSR count). The van der Waals surface area contributed by atoms with E-state index in [1.165, 1.54) is 0 Å². The summed E-state index contributed by atoms with van der Waals surface area (Å²) in [6.45, 7) is 0. The van der Waals surface area contributed by atoms with Crippen molar-refractivity contribution in [1.82, 2.24) is 4.98 Å². The van der Waals surface area contributed by atoms with Crippen molar-refractivity contribution >= 4 is 14.7 Å². The lowest BCUT2D eigenvalue weighted by Crippen LogP contribution is -1.99. The Morgan fingerprint density at radius 3 is 2.60 bits per heavy atom. The fourth-order valence-electron chi connectivity index (χ4n) is 1.42. The molecule has 1 unspecified atom stereocenters. The van der Waals surface area contributed by atoms with E-state index in [-0.39, 0.29) is 0 Å². The van der Waals surface area contributed by atoms with Crippen LogP contribution in [-0.2, 0) is 0 Å². The summed E-state index contributed by atoms with van der Waals surface area (Å²) in [6.07, 6.45) is 1.60. The van der Waals surface area contributed by atoms with Crippen LogP contribution in [0, 0.1) is 11.3 Å². The fraction of sp³-hybridized carbons (Fsp3) is 0. The average molecular weight is 212 g/mol. The summed E-state index contributed by atoms with van der Waals surface area (Å²) in [5.74, 6) is 0. The second-order valence-electron chi connectivity index (χ2n) is 3.13. The summed E-state index contributed by atoms with van der Waals surface area (Å²) in [5.41, 5.74) is 3.42. The van der Waals surface area contributed by atoms with Crippen LogP contribution in [0.25, 0.3) is 11.1 Å². The van der Waals surface area contributed by atoms with Crippen molar-refractivity contribution in [3.05, 3.63) is 48.2 Å². The maximum atomic E-state index is 8.97. The highest BCUT2D eigenvalue weighted by Gasteiger charge is 2.04. The number of pyridine rings is 1. The molecule has 1 heterocycles. The van der Waals surface area contributed by atoms with Gasteiger partial charge in [0.05, 0.1) is 11.0 Å². The van der Waals surface area contributed by atoms with Gasteiger partial charge in [0, 0.05) is 11.8 Å². The Kier molecular flexibility index (Phi) is 2.76. The van der Waals surface area contributed by atoms with Crippen LogP contribution in [-0.4, -0.2) is 4.98 Å². The molecule has 2 aromatic rings. The first-order chi connectivity index (χ1) is 7.31. The van der Waals surface area contributed by atoms with Gasteiger partial charge in [-0.15, -0.1) is 0 Å². The highest BCUT2D eigenvalue weighted by atomic mass is 31.0. The first-order valence-corrected chi connectivity index (χ1v) is 5.10. The van der Waals surface area contributed by atoms with Crippen LogP contribution in [0.4, 0.5) is 0 Å². The fourth-order valence-corrected chi connectivity index (χ4v) is 1.66. The number of hydrogen-bond acceptors (Lipinski definition) is 2. The second-order valence-corrected chi connectivity index (χ2v) is 3.72. The molecule has 0 radical (unpaired) electrons. The van der Waals surface area contributed by atoms with Crippen molar-refractivity contribution in [2.24, 2.45) is 0 Å². The molecule has 0 saturated carbocycles. The molecule has 0 fully saturated rings. The maximum Gasteiger partial charge on any atom is 0.101 e. The average Bonchev–Trinajstić information content (AvgIpc) is 2.30. The molecule has 3 heteroatoms. The van der Waals surface area contributed by atoms with E-state index in [0.29, 0.717) is 5.56 Å². The van der Waals surface area contributed by atoms with Gasteiger partial charge in [-0.1, -0.05) is 39.6 Å². The third kappa shape index (κ3) is 2.03. The molecule has 0 N–H and O–H groups in total. The van der Waals surface area contributed by atoms with Crippen LogP contribution >= 0.6 is 9.24 Å². The molecule has 0 saturated heterocycles. The molecule has 1 aromatic heterocycles. The van der Waals surface area contributed by atoms with Crippen LogP contribution in [0.5, 0.6) is 0 Å². The minimum absolute atomic E-state index is 0.604. The number of nitriles is 1. The van der Waals surface area contributed by atoms with Crippen LogP contribution in [0.2, 0.25) is 0 Å². The molecule has 1 aromatic carbocycles. The maximum absolute atomic E-state index is 8.97. The van der Waals surface area contributed by atoms with Crippen LogP contribution in [0.15, 0.2) is 42.6 Å². The highest BCUT2D eigenvalue weighted by Crippen LogP contribution is 2.21. The van der Waals surface area contributed by atoms with E-state index in [0.717, 1.165) is 16.6 Å². The third-order valence-electron chi connectivity index (χ3n) is 2.13. The molecule has 2 nitrogen and oxygen atoms in total. The Morgan fingerprint density at radius 1 is 1.20 bits per heavy atom. The summed E-state index contributed by atoms with van der Waals surface area (Å²) >= 11 is 0. The lowest BCUT2D eigenvalue weighted by Gasteiger charge is -2.04. The first kappa shape index (κ1) is 9.83. The molecule has 0 bridgehead atoms. The third-order valence-corrected chi connectivity index (χ3v) is 2.45. The number of aromatic nitrogens is 1. The normalized spacial score (nSPS) is 9.60. The Hall–Kier alpha value is -1.71. The minimum Gasteiger partial charge on any atom is -0.256 e. The summed E-state index contributed by atoms with van der Waals surface area (Å²) in [4.78, 5) is 4.08. The Labute approximate surface area is 90.8 Å². The lowest BCUT2D eigenvalue weighted by atomic mass is 10.0. The Balaban J connectivity index is 2.62. The monoisotopic (exact) mass is 212 g/mol. The topological polar surface area (TPSA) is 36.7 Å². The Morgan fingerprint density at radius 2 is 1.93 bits per heavy atom. The van der Waals surface area contributed by atoms with E-state index in [4.69, 9.17) is 5.26 Å². The van der Waals surface area contributed by atoms with Crippen LogP contribution < -0.4 is 5.44 Å². The molecule has 15 heavy (non-hydrogen) atoms. The number of rotatable bonds is 1. The summed E-state index contributed by atoms with van der Waals surface area (Å²) in [7, 11) is 2.54. The zero-order valence-corrected chi connectivity index (χ0v) is 9.17. The van der Waals surface area contributed by atoms with Gasteiger partial charge in [-0.05, 0) is 11.6 Å². The van der Waals surface area contributed by atoms with Gasteiger partial charge < -0.3 is 0 Å². The zero-order chi connectivity index (χ0) is 10.7. The van der Waals surface area contributed by atoms with Gasteiger partial charge in [0.25, 0.3) is 0 Å². The number of nitrogens with zero attached hydrogens (tertiary/aromatic N) is 2. The molecule has 0 aliphatic rings. The van der Waals surface area contributed by atoms with Crippen molar-refractivity contribution in [3.8, 4) is 17.2 Å². The van der Waals surface area contributed by atoms with Crippen LogP contribution in [0.1, 0.15) is 5.56 Å². The number of benzene rings is 1. The lowest BCUT2D eigenvalue weighted by molar-refractivity contribution is 1.35. The van der Waals surface area contributed by atoms with E-state index in [1.807, 2.05) is 36.4 Å². The van der Waals surface area contributed by atoms with Gasteiger partial charge in [0.1, 0.15) is 6.07 Å². The van der Waals surface area contributed by atoms with Gasteiger partial charge >= 0.3 is 0 Å². The minimum atomic E-state index is 0.604. The van der Waals surface area contributed by atoms with Gasteiger partial charge in [-0.3, -0.25) is 4.98 Å². The van der Waals surface area contributed by atoms with Crippen molar-refractivity contribution in [2.75, 3.05) is 0 Å². The zero-order valence-electron chi connectivity index (χ0n) is 8.01. The van der Waals surface area contributed by atoms with Gasteiger partial charge in [-0.25, -0.2) is 0 Å². The predicted octanol–water partition coefficient (Wildman–Crippen LogP) is 2.12. The smallest absolute Gasteiger partial charge is 0.101 e. The molecule has 0 aliphatic carbocycles. The molecule has 1 atom stereocenters. The van der Waals surface area contributed by atoms with Crippen molar-refractivity contribution in [2.45, 2.75) is 0 Å².